The predicted molar refractivity (Wildman–Crippen MR) is 93.2 cm³/mol. The predicted octanol–water partition coefficient (Wildman–Crippen LogP) is 2.51. The van der Waals surface area contributed by atoms with Gasteiger partial charge < -0.3 is 14.4 Å². The molecule has 1 aromatic heterocycles. The number of carbonyl (C=O) groups excluding carboxylic acids is 1. The molecule has 3 heterocycles. The zero-order valence-corrected chi connectivity index (χ0v) is 14.7. The van der Waals surface area contributed by atoms with Gasteiger partial charge in [0, 0.05) is 37.5 Å². The Morgan fingerprint density at radius 2 is 2.12 bits per heavy atom. The van der Waals surface area contributed by atoms with Crippen LogP contribution in [0.25, 0.3) is 0 Å². The van der Waals surface area contributed by atoms with Gasteiger partial charge in [-0.3, -0.25) is 4.79 Å². The number of aromatic nitrogens is 1. The lowest BCUT2D eigenvalue weighted by atomic mass is 9.93. The van der Waals surface area contributed by atoms with Gasteiger partial charge in [0.1, 0.15) is 12.7 Å². The number of hydrogen-bond acceptors (Lipinski definition) is 5. The number of pyridine rings is 1. The highest BCUT2D eigenvalue weighted by Crippen LogP contribution is 2.46. The van der Waals surface area contributed by atoms with Crippen LogP contribution in [0.4, 0.5) is 0 Å². The van der Waals surface area contributed by atoms with Gasteiger partial charge in [-0.25, -0.2) is 4.98 Å². The van der Waals surface area contributed by atoms with E-state index in [1.807, 2.05) is 34.9 Å². The summed E-state index contributed by atoms with van der Waals surface area (Å²) in [7, 11) is 0. The molecule has 1 spiro atoms. The van der Waals surface area contributed by atoms with E-state index in [1.165, 1.54) is 12.8 Å². The van der Waals surface area contributed by atoms with E-state index in [4.69, 9.17) is 9.47 Å². The number of hydrogen-bond donors (Lipinski definition) is 0. The van der Waals surface area contributed by atoms with E-state index in [1.54, 1.807) is 6.20 Å². The van der Waals surface area contributed by atoms with Gasteiger partial charge in [-0.2, -0.15) is 0 Å². The van der Waals surface area contributed by atoms with Crippen molar-refractivity contribution in [3.05, 3.63) is 24.4 Å². The molecule has 0 unspecified atom stereocenters. The lowest BCUT2D eigenvalue weighted by Gasteiger charge is -2.47. The lowest BCUT2D eigenvalue weighted by molar-refractivity contribution is -0.143. The van der Waals surface area contributed by atoms with E-state index < -0.39 is 0 Å². The van der Waals surface area contributed by atoms with Crippen LogP contribution in [0.15, 0.2) is 24.4 Å². The molecule has 1 aromatic rings. The van der Waals surface area contributed by atoms with Crippen LogP contribution in [0.1, 0.15) is 32.1 Å². The number of nitrogens with zero attached hydrogens (tertiary/aromatic N) is 2. The van der Waals surface area contributed by atoms with Crippen LogP contribution in [-0.2, 0) is 9.53 Å². The fourth-order valence-electron chi connectivity index (χ4n) is 3.85. The van der Waals surface area contributed by atoms with Gasteiger partial charge >= 0.3 is 0 Å². The van der Waals surface area contributed by atoms with Crippen LogP contribution in [0.5, 0.6) is 5.88 Å². The number of ether oxygens (including phenoxy) is 2. The molecule has 3 fully saturated rings. The molecule has 1 atom stereocenters. The second-order valence-corrected chi connectivity index (χ2v) is 8.56. The zero-order valence-electron chi connectivity index (χ0n) is 13.9. The number of likely N-dealkylation sites (tertiary alicyclic amines) is 1. The van der Waals surface area contributed by atoms with Gasteiger partial charge in [0.2, 0.25) is 11.8 Å². The Morgan fingerprint density at radius 1 is 1.29 bits per heavy atom. The van der Waals surface area contributed by atoms with Gasteiger partial charge in [0.15, 0.2) is 0 Å². The third kappa shape index (κ3) is 3.54. The normalized spacial score (nSPS) is 25.8. The van der Waals surface area contributed by atoms with Crippen molar-refractivity contribution in [1.29, 1.82) is 0 Å². The van der Waals surface area contributed by atoms with Crippen molar-refractivity contribution in [3.8, 4) is 5.88 Å². The van der Waals surface area contributed by atoms with E-state index >= 15 is 0 Å². The van der Waals surface area contributed by atoms with Gasteiger partial charge in [0.25, 0.3) is 0 Å². The molecule has 0 radical (unpaired) electrons. The van der Waals surface area contributed by atoms with Crippen LogP contribution < -0.4 is 4.74 Å². The van der Waals surface area contributed by atoms with Crippen molar-refractivity contribution in [1.82, 2.24) is 9.88 Å². The molecular weight excluding hydrogens is 324 g/mol. The molecule has 3 aliphatic rings. The smallest absolute Gasteiger partial charge is 0.248 e. The van der Waals surface area contributed by atoms with E-state index in [0.717, 1.165) is 38.1 Å². The first-order chi connectivity index (χ1) is 11.7. The monoisotopic (exact) mass is 348 g/mol. The van der Waals surface area contributed by atoms with Gasteiger partial charge in [-0.05, 0) is 18.9 Å². The summed E-state index contributed by atoms with van der Waals surface area (Å²) in [5, 5.41) is 0. The second-order valence-electron chi connectivity index (χ2n) is 7.07. The molecular formula is C18H24N2O3S. The average Bonchev–Trinajstić information content (AvgIpc) is 3.22. The lowest BCUT2D eigenvalue weighted by Crippen LogP contribution is -2.61. The molecule has 1 aliphatic carbocycles. The first kappa shape index (κ1) is 16.2. The van der Waals surface area contributed by atoms with Gasteiger partial charge in [-0.1, -0.05) is 18.9 Å². The van der Waals surface area contributed by atoms with Crippen LogP contribution >= 0.6 is 11.8 Å². The molecule has 130 valence electrons. The number of carbonyl (C=O) groups is 1. The Morgan fingerprint density at radius 3 is 2.88 bits per heavy atom. The first-order valence-corrected chi connectivity index (χ1v) is 9.82. The summed E-state index contributed by atoms with van der Waals surface area (Å²) in [6.45, 7) is 1.90. The van der Waals surface area contributed by atoms with Crippen molar-refractivity contribution in [2.45, 2.75) is 49.1 Å². The molecule has 6 heteroatoms. The molecule has 1 saturated carbocycles. The van der Waals surface area contributed by atoms with E-state index in [0.29, 0.717) is 12.0 Å². The minimum absolute atomic E-state index is 0.141. The maximum Gasteiger partial charge on any atom is 0.248 e. The van der Waals surface area contributed by atoms with Crippen LogP contribution in [0.2, 0.25) is 0 Å². The summed E-state index contributed by atoms with van der Waals surface area (Å²) < 4.78 is 11.9. The number of amides is 1. The molecule has 24 heavy (non-hydrogen) atoms. The number of rotatable bonds is 5. The molecule has 5 nitrogen and oxygen atoms in total. The van der Waals surface area contributed by atoms with Crippen molar-refractivity contribution >= 4 is 17.7 Å². The molecule has 2 saturated heterocycles. The highest BCUT2D eigenvalue weighted by atomic mass is 32.2. The highest BCUT2D eigenvalue weighted by molar-refractivity contribution is 8.01. The van der Waals surface area contributed by atoms with E-state index in [-0.39, 0.29) is 23.4 Å². The van der Waals surface area contributed by atoms with Crippen molar-refractivity contribution < 1.29 is 14.3 Å². The van der Waals surface area contributed by atoms with Crippen molar-refractivity contribution in [2.24, 2.45) is 0 Å². The first-order valence-electron chi connectivity index (χ1n) is 8.83. The molecule has 1 amide bonds. The summed E-state index contributed by atoms with van der Waals surface area (Å²) >= 11 is 1.94. The van der Waals surface area contributed by atoms with Crippen LogP contribution in [-0.4, -0.2) is 58.2 Å². The summed E-state index contributed by atoms with van der Waals surface area (Å²) in [5.41, 5.74) is 0. The minimum atomic E-state index is 0.141. The van der Waals surface area contributed by atoms with Crippen molar-refractivity contribution in [2.75, 3.05) is 25.4 Å². The van der Waals surface area contributed by atoms with Crippen LogP contribution in [0, 0.1) is 0 Å². The van der Waals surface area contributed by atoms with Crippen molar-refractivity contribution in [3.63, 3.8) is 0 Å². The number of thioether (sulfide) groups is 1. The summed E-state index contributed by atoms with van der Waals surface area (Å²) in [6.07, 6.45) is 7.93. The van der Waals surface area contributed by atoms with Gasteiger partial charge in [0.05, 0.1) is 10.9 Å². The minimum Gasteiger partial charge on any atom is -0.473 e. The SMILES string of the molecule is O=C(COC1CCCC1)N1CC2(C[C@H](Oc3ccccn3)CS2)C1. The summed E-state index contributed by atoms with van der Waals surface area (Å²) in [4.78, 5) is 18.4. The topological polar surface area (TPSA) is 51.7 Å². The standard InChI is InChI=1S/C18H24N2O3S/c21-17(10-22-14-5-1-2-6-14)20-12-18(13-20)9-15(11-24-18)23-16-7-3-4-8-19-16/h3-4,7-8,14-15H,1-2,5-6,9-13H2/t15-/m0/s1. The Kier molecular flexibility index (Phi) is 4.68. The highest BCUT2D eigenvalue weighted by Gasteiger charge is 2.51. The fraction of sp³-hybridized carbons (Fsp3) is 0.667. The summed E-state index contributed by atoms with van der Waals surface area (Å²) in [5.74, 6) is 1.80. The maximum absolute atomic E-state index is 12.2. The Balaban J connectivity index is 1.21. The molecule has 0 bridgehead atoms. The zero-order chi connectivity index (χ0) is 16.4. The second kappa shape index (κ2) is 6.92. The van der Waals surface area contributed by atoms with E-state index in [2.05, 4.69) is 4.98 Å². The van der Waals surface area contributed by atoms with Gasteiger partial charge in [-0.15, -0.1) is 11.8 Å². The molecule has 2 aliphatic heterocycles. The summed E-state index contributed by atoms with van der Waals surface area (Å²) in [6, 6.07) is 5.72. The van der Waals surface area contributed by atoms with Crippen LogP contribution in [0.3, 0.4) is 0 Å². The fourth-order valence-corrected chi connectivity index (χ4v) is 5.37. The average molecular weight is 348 g/mol. The molecule has 4 rings (SSSR count). The molecule has 0 aromatic carbocycles. The largest absolute Gasteiger partial charge is 0.473 e. The third-order valence-electron chi connectivity index (χ3n) is 5.16. The van der Waals surface area contributed by atoms with E-state index in [9.17, 15) is 4.79 Å². The maximum atomic E-state index is 12.2. The Bertz CT molecular complexity index is 571. The third-order valence-corrected chi connectivity index (χ3v) is 6.73. The molecule has 0 N–H and O–H groups in total. The Labute approximate surface area is 147 Å². The Hall–Kier alpha value is -1.27. The quantitative estimate of drug-likeness (QED) is 0.818.